The minimum atomic E-state index is -0.161. The predicted octanol–water partition coefficient (Wildman–Crippen LogP) is 2.44. The highest BCUT2D eigenvalue weighted by Crippen LogP contribution is 2.26. The maximum Gasteiger partial charge on any atom is 0.123 e. The molecular weight excluding hydrogens is 191 g/mol. The Hall–Kier alpha value is -1.35. The van der Waals surface area contributed by atoms with Crippen LogP contribution in [0.25, 0.3) is 10.9 Å². The molecule has 0 bridgehead atoms. The van der Waals surface area contributed by atoms with E-state index >= 15 is 0 Å². The number of fused-ring (bicyclic) bond motifs is 3. The Balaban J connectivity index is 2.32. The van der Waals surface area contributed by atoms with Crippen molar-refractivity contribution in [1.82, 2.24) is 9.88 Å². The first-order valence-corrected chi connectivity index (χ1v) is 5.26. The van der Waals surface area contributed by atoms with Crippen molar-refractivity contribution in [3.63, 3.8) is 0 Å². The van der Waals surface area contributed by atoms with Gasteiger partial charge in [-0.15, -0.1) is 0 Å². The van der Waals surface area contributed by atoms with E-state index in [0.29, 0.717) is 6.04 Å². The van der Waals surface area contributed by atoms with Crippen molar-refractivity contribution in [3.05, 3.63) is 35.8 Å². The van der Waals surface area contributed by atoms with Crippen molar-refractivity contribution < 1.29 is 4.39 Å². The van der Waals surface area contributed by atoms with E-state index in [0.717, 1.165) is 24.0 Å². The number of rotatable bonds is 0. The minimum absolute atomic E-state index is 0.161. The predicted molar refractivity (Wildman–Crippen MR) is 58.3 cm³/mol. The molecule has 0 saturated heterocycles. The second-order valence-electron chi connectivity index (χ2n) is 4.19. The lowest BCUT2D eigenvalue weighted by Gasteiger charge is -2.24. The molecule has 1 aromatic heterocycles. The normalized spacial score (nSPS) is 20.5. The highest BCUT2D eigenvalue weighted by molar-refractivity contribution is 5.81. The van der Waals surface area contributed by atoms with Gasteiger partial charge < -0.3 is 9.88 Å². The van der Waals surface area contributed by atoms with Crippen LogP contribution in [0.15, 0.2) is 24.3 Å². The topological polar surface area (TPSA) is 17.0 Å². The number of hydrogen-bond donors (Lipinski definition) is 1. The van der Waals surface area contributed by atoms with Gasteiger partial charge in [-0.2, -0.15) is 0 Å². The fourth-order valence-corrected chi connectivity index (χ4v) is 2.42. The van der Waals surface area contributed by atoms with E-state index in [-0.39, 0.29) is 5.82 Å². The van der Waals surface area contributed by atoms with Gasteiger partial charge in [-0.1, -0.05) is 0 Å². The van der Waals surface area contributed by atoms with Crippen LogP contribution in [0.4, 0.5) is 4.39 Å². The lowest BCUT2D eigenvalue weighted by atomic mass is 10.2. The van der Waals surface area contributed by atoms with Gasteiger partial charge in [0.15, 0.2) is 0 Å². The lowest BCUT2D eigenvalue weighted by Crippen LogP contribution is -2.30. The summed E-state index contributed by atoms with van der Waals surface area (Å²) < 4.78 is 15.4. The van der Waals surface area contributed by atoms with E-state index < -0.39 is 0 Å². The Morgan fingerprint density at radius 3 is 3.13 bits per heavy atom. The zero-order chi connectivity index (χ0) is 10.4. The van der Waals surface area contributed by atoms with Crippen molar-refractivity contribution >= 4 is 10.9 Å². The third-order valence-corrected chi connectivity index (χ3v) is 3.07. The molecule has 0 amide bonds. The Morgan fingerprint density at radius 2 is 2.27 bits per heavy atom. The molecule has 0 radical (unpaired) electrons. The van der Waals surface area contributed by atoms with Gasteiger partial charge in [0.2, 0.25) is 0 Å². The van der Waals surface area contributed by atoms with Crippen molar-refractivity contribution in [2.45, 2.75) is 19.5 Å². The van der Waals surface area contributed by atoms with Gasteiger partial charge in [-0.25, -0.2) is 4.39 Å². The zero-order valence-electron chi connectivity index (χ0n) is 8.63. The Morgan fingerprint density at radius 1 is 1.40 bits per heavy atom. The summed E-state index contributed by atoms with van der Waals surface area (Å²) in [5.74, 6) is -0.161. The molecule has 3 rings (SSSR count). The van der Waals surface area contributed by atoms with Gasteiger partial charge >= 0.3 is 0 Å². The van der Waals surface area contributed by atoms with E-state index in [1.807, 2.05) is 6.07 Å². The van der Waals surface area contributed by atoms with Gasteiger partial charge in [0, 0.05) is 35.7 Å². The summed E-state index contributed by atoms with van der Waals surface area (Å²) in [6, 6.07) is 7.52. The standard InChI is InChI=1S/C12H13FN2/c1-8-6-14-7-11-5-9-4-10(13)2-3-12(9)15(8)11/h2-5,8,14H,6-7H2,1H3. The van der Waals surface area contributed by atoms with E-state index in [4.69, 9.17) is 0 Å². The Bertz CT molecular complexity index is 516. The monoisotopic (exact) mass is 204 g/mol. The molecule has 0 spiro atoms. The summed E-state index contributed by atoms with van der Waals surface area (Å²) in [6.45, 7) is 4.03. The summed E-state index contributed by atoms with van der Waals surface area (Å²) in [5, 5.41) is 4.35. The maximum absolute atomic E-state index is 13.1. The average molecular weight is 204 g/mol. The van der Waals surface area contributed by atoms with Crippen molar-refractivity contribution in [2.24, 2.45) is 0 Å². The fraction of sp³-hybridized carbons (Fsp3) is 0.333. The second kappa shape index (κ2) is 3.07. The first-order chi connectivity index (χ1) is 7.25. The molecule has 0 aliphatic carbocycles. The van der Waals surface area contributed by atoms with Crippen LogP contribution in [0.1, 0.15) is 18.7 Å². The van der Waals surface area contributed by atoms with E-state index in [2.05, 4.69) is 22.9 Å². The lowest BCUT2D eigenvalue weighted by molar-refractivity contribution is 0.439. The second-order valence-corrected chi connectivity index (χ2v) is 4.19. The maximum atomic E-state index is 13.1. The third-order valence-electron chi connectivity index (χ3n) is 3.07. The van der Waals surface area contributed by atoms with Crippen molar-refractivity contribution in [3.8, 4) is 0 Å². The highest BCUT2D eigenvalue weighted by atomic mass is 19.1. The molecule has 2 heterocycles. The number of aromatic nitrogens is 1. The average Bonchev–Trinajstić information content (AvgIpc) is 2.56. The molecule has 2 aromatic rings. The molecule has 1 unspecified atom stereocenters. The minimum Gasteiger partial charge on any atom is -0.339 e. The summed E-state index contributed by atoms with van der Waals surface area (Å²) in [6.07, 6.45) is 0. The van der Waals surface area contributed by atoms with Gasteiger partial charge in [-0.05, 0) is 31.2 Å². The van der Waals surface area contributed by atoms with Crippen LogP contribution in [0.2, 0.25) is 0 Å². The molecule has 78 valence electrons. The largest absolute Gasteiger partial charge is 0.339 e. The highest BCUT2D eigenvalue weighted by Gasteiger charge is 2.17. The summed E-state index contributed by atoms with van der Waals surface area (Å²) in [4.78, 5) is 0. The zero-order valence-corrected chi connectivity index (χ0v) is 8.63. The first kappa shape index (κ1) is 8.92. The van der Waals surface area contributed by atoms with Crippen molar-refractivity contribution in [2.75, 3.05) is 6.54 Å². The molecule has 1 aliphatic rings. The number of hydrogen-bond acceptors (Lipinski definition) is 1. The van der Waals surface area contributed by atoms with E-state index in [1.165, 1.54) is 11.8 Å². The van der Waals surface area contributed by atoms with E-state index in [9.17, 15) is 4.39 Å². The molecule has 0 fully saturated rings. The number of nitrogens with zero attached hydrogens (tertiary/aromatic N) is 1. The molecule has 1 atom stereocenters. The van der Waals surface area contributed by atoms with Gasteiger partial charge in [0.1, 0.15) is 5.82 Å². The van der Waals surface area contributed by atoms with Crippen LogP contribution in [0.3, 0.4) is 0 Å². The summed E-state index contributed by atoms with van der Waals surface area (Å²) in [5.41, 5.74) is 2.38. The SMILES string of the molecule is CC1CNCc2cc3cc(F)ccc3n21. The smallest absolute Gasteiger partial charge is 0.123 e. The molecular formula is C12H13FN2. The van der Waals surface area contributed by atoms with Gasteiger partial charge in [0.05, 0.1) is 0 Å². The fourth-order valence-electron chi connectivity index (χ4n) is 2.42. The molecule has 1 N–H and O–H groups in total. The van der Waals surface area contributed by atoms with Crippen LogP contribution < -0.4 is 5.32 Å². The van der Waals surface area contributed by atoms with Gasteiger partial charge in [-0.3, -0.25) is 0 Å². The van der Waals surface area contributed by atoms with Crippen LogP contribution in [-0.4, -0.2) is 11.1 Å². The molecule has 1 aliphatic heterocycles. The molecule has 0 saturated carbocycles. The quantitative estimate of drug-likeness (QED) is 0.697. The van der Waals surface area contributed by atoms with Crippen molar-refractivity contribution in [1.29, 1.82) is 0 Å². The molecule has 1 aromatic carbocycles. The van der Waals surface area contributed by atoms with Crippen LogP contribution in [0, 0.1) is 5.82 Å². The van der Waals surface area contributed by atoms with Gasteiger partial charge in [0.25, 0.3) is 0 Å². The van der Waals surface area contributed by atoms with E-state index in [1.54, 1.807) is 6.07 Å². The number of benzene rings is 1. The molecule has 15 heavy (non-hydrogen) atoms. The molecule has 2 nitrogen and oxygen atoms in total. The first-order valence-electron chi connectivity index (χ1n) is 5.26. The number of halogens is 1. The Kier molecular flexibility index (Phi) is 1.83. The molecule has 3 heteroatoms. The Labute approximate surface area is 87.7 Å². The van der Waals surface area contributed by atoms with Crippen LogP contribution in [-0.2, 0) is 6.54 Å². The summed E-state index contributed by atoms with van der Waals surface area (Å²) in [7, 11) is 0. The van der Waals surface area contributed by atoms with Crippen LogP contribution in [0.5, 0.6) is 0 Å². The van der Waals surface area contributed by atoms with Crippen LogP contribution >= 0.6 is 0 Å². The summed E-state index contributed by atoms with van der Waals surface area (Å²) >= 11 is 0. The third kappa shape index (κ3) is 1.27. The number of nitrogens with one attached hydrogen (secondary N) is 1.